The molecular weight excluding hydrogens is 196 g/mol. The van der Waals surface area contributed by atoms with Crippen LogP contribution in [-0.4, -0.2) is 36.6 Å². The van der Waals surface area contributed by atoms with E-state index in [1.54, 1.807) is 0 Å². The molecule has 0 aromatic heterocycles. The van der Waals surface area contributed by atoms with Gasteiger partial charge in [-0.25, -0.2) is 0 Å². The summed E-state index contributed by atoms with van der Waals surface area (Å²) in [6.45, 7) is 4.08. The lowest BCUT2D eigenvalue weighted by Crippen LogP contribution is -2.47. The SMILES string of the molecule is C1CCC(CN2CCCC(NC3CC3)C2)C1. The summed E-state index contributed by atoms with van der Waals surface area (Å²) in [4.78, 5) is 2.74. The third-order valence-corrected chi connectivity index (χ3v) is 4.55. The van der Waals surface area contributed by atoms with Gasteiger partial charge in [-0.05, 0) is 51.0 Å². The first kappa shape index (κ1) is 11.0. The third kappa shape index (κ3) is 2.98. The molecule has 16 heavy (non-hydrogen) atoms. The Labute approximate surface area is 99.8 Å². The Morgan fingerprint density at radius 3 is 2.44 bits per heavy atom. The first-order valence-electron chi connectivity index (χ1n) is 7.38. The number of rotatable bonds is 4. The minimum atomic E-state index is 0.808. The molecule has 3 aliphatic rings. The summed E-state index contributed by atoms with van der Waals surface area (Å²) in [7, 11) is 0. The minimum absolute atomic E-state index is 0.808. The van der Waals surface area contributed by atoms with E-state index in [2.05, 4.69) is 10.2 Å². The predicted octanol–water partition coefficient (Wildman–Crippen LogP) is 2.39. The second-order valence-electron chi connectivity index (χ2n) is 6.19. The standard InChI is InChI=1S/C14H26N2/c1-2-5-12(4-1)10-16-9-3-6-14(11-16)15-13-7-8-13/h12-15H,1-11H2. The van der Waals surface area contributed by atoms with Crippen molar-refractivity contribution >= 4 is 0 Å². The van der Waals surface area contributed by atoms with Crippen LogP contribution in [0.1, 0.15) is 51.4 Å². The van der Waals surface area contributed by atoms with Crippen LogP contribution in [0.3, 0.4) is 0 Å². The van der Waals surface area contributed by atoms with Crippen molar-refractivity contribution < 1.29 is 0 Å². The number of nitrogens with zero attached hydrogens (tertiary/aromatic N) is 1. The largest absolute Gasteiger partial charge is 0.310 e. The van der Waals surface area contributed by atoms with Gasteiger partial charge in [-0.2, -0.15) is 0 Å². The summed E-state index contributed by atoms with van der Waals surface area (Å²) in [6, 6.07) is 1.69. The molecule has 0 radical (unpaired) electrons. The quantitative estimate of drug-likeness (QED) is 0.786. The lowest BCUT2D eigenvalue weighted by Gasteiger charge is -2.34. The molecule has 0 amide bonds. The zero-order valence-electron chi connectivity index (χ0n) is 10.5. The van der Waals surface area contributed by atoms with Crippen molar-refractivity contribution in [3.05, 3.63) is 0 Å². The fraction of sp³-hybridized carbons (Fsp3) is 1.00. The Kier molecular flexibility index (Phi) is 3.49. The average Bonchev–Trinajstić information content (AvgIpc) is 2.94. The van der Waals surface area contributed by atoms with Gasteiger partial charge in [0.2, 0.25) is 0 Å². The van der Waals surface area contributed by atoms with E-state index in [0.717, 1.165) is 18.0 Å². The Bertz CT molecular complexity index is 219. The Morgan fingerprint density at radius 2 is 1.69 bits per heavy atom. The van der Waals surface area contributed by atoms with Gasteiger partial charge in [0.25, 0.3) is 0 Å². The van der Waals surface area contributed by atoms with Crippen molar-refractivity contribution in [3.8, 4) is 0 Å². The molecule has 0 spiro atoms. The Balaban J connectivity index is 1.43. The number of nitrogens with one attached hydrogen (secondary N) is 1. The van der Waals surface area contributed by atoms with Crippen molar-refractivity contribution in [2.45, 2.75) is 63.5 Å². The summed E-state index contributed by atoms with van der Waals surface area (Å²) in [6.07, 6.45) is 11.7. The second kappa shape index (κ2) is 5.05. The molecule has 1 heterocycles. The number of hydrogen-bond acceptors (Lipinski definition) is 2. The summed E-state index contributed by atoms with van der Waals surface area (Å²) in [5.74, 6) is 1.03. The highest BCUT2D eigenvalue weighted by atomic mass is 15.2. The van der Waals surface area contributed by atoms with Crippen LogP contribution in [0.2, 0.25) is 0 Å². The number of hydrogen-bond donors (Lipinski definition) is 1. The smallest absolute Gasteiger partial charge is 0.0198 e. The number of piperidine rings is 1. The third-order valence-electron chi connectivity index (χ3n) is 4.55. The van der Waals surface area contributed by atoms with Gasteiger partial charge in [-0.15, -0.1) is 0 Å². The fourth-order valence-electron chi connectivity index (χ4n) is 3.50. The first-order valence-corrected chi connectivity index (χ1v) is 7.38. The monoisotopic (exact) mass is 222 g/mol. The highest BCUT2D eigenvalue weighted by Gasteiger charge is 2.28. The van der Waals surface area contributed by atoms with Gasteiger partial charge in [0.1, 0.15) is 0 Å². The Hall–Kier alpha value is -0.0800. The molecule has 0 aromatic rings. The minimum Gasteiger partial charge on any atom is -0.310 e. The van der Waals surface area contributed by atoms with E-state index in [4.69, 9.17) is 0 Å². The van der Waals surface area contributed by atoms with E-state index in [9.17, 15) is 0 Å². The predicted molar refractivity (Wildman–Crippen MR) is 67.6 cm³/mol. The topological polar surface area (TPSA) is 15.3 Å². The van der Waals surface area contributed by atoms with E-state index >= 15 is 0 Å². The lowest BCUT2D eigenvalue weighted by atomic mass is 10.0. The molecule has 0 bridgehead atoms. The summed E-state index contributed by atoms with van der Waals surface area (Å²) < 4.78 is 0. The van der Waals surface area contributed by atoms with E-state index in [1.165, 1.54) is 71.0 Å². The molecule has 2 saturated carbocycles. The molecular formula is C14H26N2. The molecule has 1 atom stereocenters. The van der Waals surface area contributed by atoms with Crippen LogP contribution in [0.4, 0.5) is 0 Å². The molecule has 0 aromatic carbocycles. The van der Waals surface area contributed by atoms with Gasteiger partial charge in [0, 0.05) is 25.2 Å². The van der Waals surface area contributed by atoms with Crippen LogP contribution < -0.4 is 5.32 Å². The molecule has 1 aliphatic heterocycles. The van der Waals surface area contributed by atoms with Crippen molar-refractivity contribution in [3.63, 3.8) is 0 Å². The van der Waals surface area contributed by atoms with Gasteiger partial charge in [0.15, 0.2) is 0 Å². The van der Waals surface area contributed by atoms with Crippen molar-refractivity contribution in [2.75, 3.05) is 19.6 Å². The Morgan fingerprint density at radius 1 is 0.875 bits per heavy atom. The first-order chi connectivity index (χ1) is 7.90. The van der Waals surface area contributed by atoms with Gasteiger partial charge >= 0.3 is 0 Å². The highest BCUT2D eigenvalue weighted by molar-refractivity contribution is 4.88. The second-order valence-corrected chi connectivity index (χ2v) is 6.19. The molecule has 1 N–H and O–H groups in total. The zero-order valence-corrected chi connectivity index (χ0v) is 10.5. The van der Waals surface area contributed by atoms with Crippen molar-refractivity contribution in [2.24, 2.45) is 5.92 Å². The van der Waals surface area contributed by atoms with E-state index in [1.807, 2.05) is 0 Å². The molecule has 1 saturated heterocycles. The van der Waals surface area contributed by atoms with Crippen LogP contribution in [0.25, 0.3) is 0 Å². The molecule has 92 valence electrons. The van der Waals surface area contributed by atoms with Crippen LogP contribution >= 0.6 is 0 Å². The highest BCUT2D eigenvalue weighted by Crippen LogP contribution is 2.27. The zero-order chi connectivity index (χ0) is 10.8. The molecule has 2 aliphatic carbocycles. The molecule has 1 unspecified atom stereocenters. The van der Waals surface area contributed by atoms with E-state index < -0.39 is 0 Å². The summed E-state index contributed by atoms with van der Waals surface area (Å²) >= 11 is 0. The lowest BCUT2D eigenvalue weighted by molar-refractivity contribution is 0.165. The van der Waals surface area contributed by atoms with Gasteiger partial charge in [-0.1, -0.05) is 12.8 Å². The molecule has 3 fully saturated rings. The van der Waals surface area contributed by atoms with Crippen LogP contribution in [-0.2, 0) is 0 Å². The maximum Gasteiger partial charge on any atom is 0.0198 e. The normalized spacial score (nSPS) is 33.4. The van der Waals surface area contributed by atoms with Crippen LogP contribution in [0, 0.1) is 5.92 Å². The van der Waals surface area contributed by atoms with Gasteiger partial charge in [-0.3, -0.25) is 0 Å². The summed E-state index contributed by atoms with van der Waals surface area (Å²) in [5, 5.41) is 3.81. The summed E-state index contributed by atoms with van der Waals surface area (Å²) in [5.41, 5.74) is 0. The maximum atomic E-state index is 3.81. The number of likely N-dealkylation sites (tertiary alicyclic amines) is 1. The van der Waals surface area contributed by atoms with E-state index in [-0.39, 0.29) is 0 Å². The van der Waals surface area contributed by atoms with Gasteiger partial charge < -0.3 is 10.2 Å². The molecule has 2 heteroatoms. The van der Waals surface area contributed by atoms with E-state index in [0.29, 0.717) is 0 Å². The fourth-order valence-corrected chi connectivity index (χ4v) is 3.50. The molecule has 3 rings (SSSR count). The van der Waals surface area contributed by atoms with Crippen LogP contribution in [0.5, 0.6) is 0 Å². The van der Waals surface area contributed by atoms with Crippen LogP contribution in [0.15, 0.2) is 0 Å². The maximum absolute atomic E-state index is 3.81. The molecule has 2 nitrogen and oxygen atoms in total. The van der Waals surface area contributed by atoms with Crippen molar-refractivity contribution in [1.82, 2.24) is 10.2 Å². The van der Waals surface area contributed by atoms with Crippen molar-refractivity contribution in [1.29, 1.82) is 0 Å². The average molecular weight is 222 g/mol. The van der Waals surface area contributed by atoms with Gasteiger partial charge in [0.05, 0.1) is 0 Å².